The number of carbonyl (C=O) groups is 1. The fraction of sp³-hybridized carbons (Fsp3) is 0.310. The summed E-state index contributed by atoms with van der Waals surface area (Å²) >= 11 is 0. The highest BCUT2D eigenvalue weighted by molar-refractivity contribution is 7.28. The quantitative estimate of drug-likeness (QED) is 0.0793. The fourth-order valence-corrected chi connectivity index (χ4v) is 4.54. The van der Waals surface area contributed by atoms with Crippen molar-refractivity contribution in [1.82, 2.24) is 5.32 Å². The van der Waals surface area contributed by atoms with Gasteiger partial charge in [-0.1, -0.05) is 69.9 Å². The minimum Gasteiger partial charge on any atom is -0.398 e. The first kappa shape index (κ1) is 26.4. The molecule has 0 radical (unpaired) electrons. The topological polar surface area (TPSA) is 91.0 Å². The molecule has 6 heteroatoms. The molecular formula is C29H37N4OP. The lowest BCUT2D eigenvalue weighted by Crippen LogP contribution is -2.31. The molecule has 0 saturated carbocycles. The fourth-order valence-electron chi connectivity index (χ4n) is 4.26. The number of benzene rings is 3. The Labute approximate surface area is 211 Å². The zero-order valence-corrected chi connectivity index (χ0v) is 21.9. The van der Waals surface area contributed by atoms with Crippen LogP contribution in [0.4, 0.5) is 17.1 Å². The second kappa shape index (κ2) is 13.1. The standard InChI is InChI=1S/C29H37N4OP/c1-3-5-6-10-20(9-4-2)21-13-15-22(16-14-21)29(34)33-28(31)24-18-17-23(19-25(24)30)32-26-11-7-8-12-27(26)35/h7-8,11-20,32H,3-6,9-10,30,35H2,1-2H3,(H2,31,33,34). The van der Waals surface area contributed by atoms with Crippen LogP contribution in [0.2, 0.25) is 0 Å². The van der Waals surface area contributed by atoms with Crippen LogP contribution < -0.4 is 21.7 Å². The van der Waals surface area contributed by atoms with Crippen LogP contribution >= 0.6 is 9.24 Å². The van der Waals surface area contributed by atoms with Gasteiger partial charge in [-0.3, -0.25) is 10.2 Å². The number of unbranched alkanes of at least 4 members (excludes halogenated alkanes) is 2. The van der Waals surface area contributed by atoms with Crippen LogP contribution in [0.1, 0.15) is 79.8 Å². The Morgan fingerprint density at radius 1 is 0.971 bits per heavy atom. The lowest BCUT2D eigenvalue weighted by molar-refractivity contribution is 0.0977. The molecule has 0 spiro atoms. The molecule has 2 unspecified atom stereocenters. The molecule has 0 aliphatic carbocycles. The summed E-state index contributed by atoms with van der Waals surface area (Å²) in [6.07, 6.45) is 7.21. The number of amidine groups is 1. The third-order valence-electron chi connectivity index (χ3n) is 6.24. The van der Waals surface area contributed by atoms with Gasteiger partial charge in [0.1, 0.15) is 5.84 Å². The normalized spacial score (nSPS) is 11.6. The van der Waals surface area contributed by atoms with Gasteiger partial charge in [0.15, 0.2) is 0 Å². The SMILES string of the molecule is CCCCCC(CCC)c1ccc(C(=O)NC(=N)c2ccc(Nc3ccccc3P)cc2N)cc1. The number of nitrogens with two attached hydrogens (primary N) is 1. The van der Waals surface area contributed by atoms with Gasteiger partial charge in [-0.05, 0) is 66.0 Å². The van der Waals surface area contributed by atoms with E-state index in [0.717, 1.165) is 29.5 Å². The van der Waals surface area contributed by atoms with Crippen molar-refractivity contribution in [3.05, 3.63) is 83.4 Å². The van der Waals surface area contributed by atoms with Crippen molar-refractivity contribution in [2.75, 3.05) is 11.1 Å². The molecule has 3 aromatic rings. The number of carbonyl (C=O) groups excluding carboxylic acids is 1. The number of amides is 1. The van der Waals surface area contributed by atoms with Crippen molar-refractivity contribution in [1.29, 1.82) is 5.41 Å². The molecule has 0 aliphatic heterocycles. The van der Waals surface area contributed by atoms with Crippen molar-refractivity contribution >= 4 is 43.3 Å². The van der Waals surface area contributed by atoms with Crippen LogP contribution in [-0.4, -0.2) is 11.7 Å². The first-order valence-electron chi connectivity index (χ1n) is 12.4. The first-order valence-corrected chi connectivity index (χ1v) is 13.0. The highest BCUT2D eigenvalue weighted by Gasteiger charge is 2.15. The maximum Gasteiger partial charge on any atom is 0.256 e. The van der Waals surface area contributed by atoms with E-state index in [1.807, 2.05) is 42.5 Å². The third-order valence-corrected chi connectivity index (χ3v) is 6.74. The van der Waals surface area contributed by atoms with Crippen LogP contribution in [0.15, 0.2) is 66.7 Å². The largest absolute Gasteiger partial charge is 0.398 e. The Bertz CT molecular complexity index is 1140. The van der Waals surface area contributed by atoms with Crippen LogP contribution in [0.3, 0.4) is 0 Å². The molecule has 3 aromatic carbocycles. The van der Waals surface area contributed by atoms with Crippen molar-refractivity contribution in [3.63, 3.8) is 0 Å². The monoisotopic (exact) mass is 488 g/mol. The molecule has 0 aliphatic rings. The molecule has 5 nitrogen and oxygen atoms in total. The maximum atomic E-state index is 12.8. The van der Waals surface area contributed by atoms with Crippen LogP contribution in [0, 0.1) is 5.41 Å². The van der Waals surface area contributed by atoms with Crippen molar-refractivity contribution in [3.8, 4) is 0 Å². The van der Waals surface area contributed by atoms with Gasteiger partial charge in [-0.15, -0.1) is 9.24 Å². The number of rotatable bonds is 11. The van der Waals surface area contributed by atoms with Crippen LogP contribution in [0.25, 0.3) is 0 Å². The maximum absolute atomic E-state index is 12.8. The van der Waals surface area contributed by atoms with Gasteiger partial charge >= 0.3 is 0 Å². The summed E-state index contributed by atoms with van der Waals surface area (Å²) in [6.45, 7) is 4.44. The lowest BCUT2D eigenvalue weighted by Gasteiger charge is -2.17. The average Bonchev–Trinajstić information content (AvgIpc) is 2.85. The minimum atomic E-state index is -0.307. The van der Waals surface area contributed by atoms with Gasteiger partial charge in [0.25, 0.3) is 5.91 Å². The number of nitrogens with one attached hydrogen (secondary N) is 3. The van der Waals surface area contributed by atoms with Crippen molar-refractivity contribution < 1.29 is 4.79 Å². The van der Waals surface area contributed by atoms with E-state index in [9.17, 15) is 4.79 Å². The summed E-state index contributed by atoms with van der Waals surface area (Å²) in [6, 6.07) is 21.1. The van der Waals surface area contributed by atoms with Crippen molar-refractivity contribution in [2.45, 2.75) is 58.3 Å². The average molecular weight is 489 g/mol. The van der Waals surface area contributed by atoms with E-state index in [4.69, 9.17) is 11.1 Å². The Balaban J connectivity index is 1.64. The number of nitrogen functional groups attached to an aromatic ring is 1. The van der Waals surface area contributed by atoms with Crippen LogP contribution in [-0.2, 0) is 0 Å². The summed E-state index contributed by atoms with van der Waals surface area (Å²) in [5.41, 5.74) is 10.7. The van der Waals surface area contributed by atoms with E-state index in [1.165, 1.54) is 31.2 Å². The van der Waals surface area contributed by atoms with Gasteiger partial charge in [-0.2, -0.15) is 0 Å². The van der Waals surface area contributed by atoms with E-state index >= 15 is 0 Å². The van der Waals surface area contributed by atoms with Crippen molar-refractivity contribution in [2.24, 2.45) is 0 Å². The Hall–Kier alpha value is -3.17. The third kappa shape index (κ3) is 7.40. The number of hydrogen-bond donors (Lipinski definition) is 4. The van der Waals surface area contributed by atoms with Crippen LogP contribution in [0.5, 0.6) is 0 Å². The van der Waals surface area contributed by atoms with Gasteiger partial charge in [0, 0.05) is 28.2 Å². The van der Waals surface area contributed by atoms with E-state index in [0.29, 0.717) is 22.7 Å². The molecule has 2 atom stereocenters. The first-order chi connectivity index (χ1) is 16.9. The molecule has 1 amide bonds. The minimum absolute atomic E-state index is 0.0157. The molecule has 5 N–H and O–H groups in total. The summed E-state index contributed by atoms with van der Waals surface area (Å²) in [4.78, 5) is 12.8. The summed E-state index contributed by atoms with van der Waals surface area (Å²) in [5.74, 6) is 0.211. The molecule has 35 heavy (non-hydrogen) atoms. The summed E-state index contributed by atoms with van der Waals surface area (Å²) < 4.78 is 0. The van der Waals surface area contributed by atoms with Gasteiger partial charge in [0.05, 0.1) is 0 Å². The van der Waals surface area contributed by atoms with E-state index in [1.54, 1.807) is 12.1 Å². The second-order valence-electron chi connectivity index (χ2n) is 8.95. The molecule has 0 bridgehead atoms. The smallest absolute Gasteiger partial charge is 0.256 e. The summed E-state index contributed by atoms with van der Waals surface area (Å²) in [5, 5.41) is 15.5. The number of para-hydroxylation sites is 1. The molecule has 0 heterocycles. The highest BCUT2D eigenvalue weighted by Crippen LogP contribution is 2.28. The second-order valence-corrected chi connectivity index (χ2v) is 9.57. The highest BCUT2D eigenvalue weighted by atomic mass is 31.0. The molecule has 0 aromatic heterocycles. The van der Waals surface area contributed by atoms with Gasteiger partial charge in [-0.25, -0.2) is 0 Å². The molecule has 3 rings (SSSR count). The van der Waals surface area contributed by atoms with E-state index < -0.39 is 0 Å². The number of hydrogen-bond acceptors (Lipinski definition) is 4. The van der Waals surface area contributed by atoms with E-state index in [2.05, 4.69) is 45.9 Å². The molecular weight excluding hydrogens is 451 g/mol. The predicted molar refractivity (Wildman–Crippen MR) is 152 cm³/mol. The zero-order chi connectivity index (χ0) is 25.2. The lowest BCUT2D eigenvalue weighted by atomic mass is 9.89. The predicted octanol–water partition coefficient (Wildman–Crippen LogP) is 6.73. The molecule has 184 valence electrons. The molecule has 0 fully saturated rings. The molecule has 0 saturated heterocycles. The zero-order valence-electron chi connectivity index (χ0n) is 20.7. The van der Waals surface area contributed by atoms with Gasteiger partial charge < -0.3 is 16.4 Å². The Morgan fingerprint density at radius 2 is 1.71 bits per heavy atom. The summed E-state index contributed by atoms with van der Waals surface area (Å²) in [7, 11) is 2.69. The van der Waals surface area contributed by atoms with Gasteiger partial charge in [0.2, 0.25) is 0 Å². The number of anilines is 3. The Kier molecular flexibility index (Phi) is 9.86. The Morgan fingerprint density at radius 3 is 2.37 bits per heavy atom. The van der Waals surface area contributed by atoms with E-state index in [-0.39, 0.29) is 11.7 Å².